The van der Waals surface area contributed by atoms with E-state index in [1.165, 1.54) is 14.2 Å². The Hall–Kier alpha value is -2.98. The summed E-state index contributed by atoms with van der Waals surface area (Å²) in [7, 11) is -0.663. The van der Waals surface area contributed by atoms with Gasteiger partial charge in [0.15, 0.2) is 11.5 Å². The number of aromatic nitrogens is 2. The number of benzene rings is 2. The second-order valence-corrected chi connectivity index (χ2v) is 9.18. The third-order valence-electron chi connectivity index (χ3n) is 4.22. The number of aryl methyl sites for hydroxylation is 1. The van der Waals surface area contributed by atoms with Crippen LogP contribution < -0.4 is 14.8 Å². The minimum atomic E-state index is -3.71. The summed E-state index contributed by atoms with van der Waals surface area (Å²) >= 11 is 0.825. The number of nitrogens with zero attached hydrogens (tertiary/aromatic N) is 2. The smallest absolute Gasteiger partial charge is 0.261 e. The van der Waals surface area contributed by atoms with Crippen LogP contribution in [0.3, 0.4) is 0 Å². The molecule has 3 aromatic rings. The number of carbonyl (C=O) groups is 1. The number of amides is 1. The Balaban J connectivity index is 1.66. The molecule has 158 valence electrons. The second-order valence-electron chi connectivity index (χ2n) is 6.54. The predicted molar refractivity (Wildman–Crippen MR) is 114 cm³/mol. The van der Waals surface area contributed by atoms with Crippen molar-refractivity contribution >= 4 is 32.4 Å². The molecule has 0 aliphatic rings. The maximum atomic E-state index is 12.6. The van der Waals surface area contributed by atoms with Crippen LogP contribution in [0.5, 0.6) is 11.5 Å². The molecule has 2 aromatic carbocycles. The minimum Gasteiger partial charge on any atom is -0.493 e. The molecule has 0 unspecified atom stereocenters. The van der Waals surface area contributed by atoms with Gasteiger partial charge in [0, 0.05) is 11.5 Å². The number of hydrogen-bond donors (Lipinski definition) is 1. The van der Waals surface area contributed by atoms with Gasteiger partial charge in [-0.15, -0.1) is 0 Å². The highest BCUT2D eigenvalue weighted by Crippen LogP contribution is 2.28. The lowest BCUT2D eigenvalue weighted by Crippen LogP contribution is -2.14. The van der Waals surface area contributed by atoms with Crippen LogP contribution in [0.15, 0.2) is 47.6 Å². The molecule has 0 bridgehead atoms. The molecule has 8 nitrogen and oxygen atoms in total. The van der Waals surface area contributed by atoms with Crippen LogP contribution >= 0.6 is 11.5 Å². The fourth-order valence-electron chi connectivity index (χ4n) is 2.69. The zero-order chi connectivity index (χ0) is 21.7. The van der Waals surface area contributed by atoms with Gasteiger partial charge in [-0.05, 0) is 30.2 Å². The van der Waals surface area contributed by atoms with E-state index in [0.29, 0.717) is 22.6 Å². The topological polar surface area (TPSA) is 107 Å². The van der Waals surface area contributed by atoms with Gasteiger partial charge in [0.25, 0.3) is 5.16 Å². The summed E-state index contributed by atoms with van der Waals surface area (Å²) in [5.74, 6) is 0.529. The van der Waals surface area contributed by atoms with E-state index >= 15 is 0 Å². The van der Waals surface area contributed by atoms with E-state index in [0.717, 1.165) is 17.1 Å². The Kier molecular flexibility index (Phi) is 6.68. The minimum absolute atomic E-state index is 0.0609. The molecule has 0 saturated carbocycles. The fourth-order valence-corrected chi connectivity index (χ4v) is 4.80. The van der Waals surface area contributed by atoms with Crippen LogP contribution in [0, 0.1) is 6.92 Å². The van der Waals surface area contributed by atoms with Gasteiger partial charge in [0.05, 0.1) is 26.4 Å². The number of nitrogens with one attached hydrogen (secondary N) is 1. The molecule has 1 aromatic heterocycles. The van der Waals surface area contributed by atoms with Crippen molar-refractivity contribution < 1.29 is 22.7 Å². The van der Waals surface area contributed by atoms with Gasteiger partial charge in [0.1, 0.15) is 0 Å². The van der Waals surface area contributed by atoms with Crippen LogP contribution in [-0.2, 0) is 26.8 Å². The van der Waals surface area contributed by atoms with E-state index in [1.807, 2.05) is 19.1 Å². The number of methoxy groups -OCH3 is 2. The maximum absolute atomic E-state index is 12.6. The van der Waals surface area contributed by atoms with Crippen molar-refractivity contribution in [1.82, 2.24) is 9.36 Å². The quantitative estimate of drug-likeness (QED) is 0.565. The Bertz CT molecular complexity index is 1140. The lowest BCUT2D eigenvalue weighted by Gasteiger charge is -2.09. The van der Waals surface area contributed by atoms with Gasteiger partial charge >= 0.3 is 0 Å². The molecule has 0 spiro atoms. The third kappa shape index (κ3) is 5.33. The van der Waals surface area contributed by atoms with Gasteiger partial charge < -0.3 is 14.8 Å². The summed E-state index contributed by atoms with van der Waals surface area (Å²) in [4.78, 5) is 16.3. The van der Waals surface area contributed by atoms with E-state index in [2.05, 4.69) is 14.7 Å². The molecule has 0 radical (unpaired) electrons. The van der Waals surface area contributed by atoms with Crippen molar-refractivity contribution in [2.24, 2.45) is 0 Å². The van der Waals surface area contributed by atoms with Gasteiger partial charge in [-0.1, -0.05) is 35.9 Å². The van der Waals surface area contributed by atoms with E-state index in [1.54, 1.807) is 30.3 Å². The Morgan fingerprint density at radius 1 is 1.03 bits per heavy atom. The standard InChI is InChI=1S/C20H21N3O5S2/c1-13-4-6-14(7-5-13)12-30(25,26)20-22-19(29-23-20)21-18(24)11-15-8-9-16(27-2)17(10-15)28-3/h4-10H,11-12H2,1-3H3,(H,21,22,23,24). The van der Waals surface area contributed by atoms with Crippen LogP contribution in [0.4, 0.5) is 5.13 Å². The second kappa shape index (κ2) is 9.23. The van der Waals surface area contributed by atoms with E-state index in [4.69, 9.17) is 9.47 Å². The number of sulfone groups is 1. The van der Waals surface area contributed by atoms with Crippen molar-refractivity contribution in [3.8, 4) is 11.5 Å². The van der Waals surface area contributed by atoms with Crippen molar-refractivity contribution in [2.75, 3.05) is 19.5 Å². The summed E-state index contributed by atoms with van der Waals surface area (Å²) in [6.45, 7) is 1.93. The summed E-state index contributed by atoms with van der Waals surface area (Å²) in [5.41, 5.74) is 2.40. The van der Waals surface area contributed by atoms with Crippen LogP contribution in [0.2, 0.25) is 0 Å². The summed E-state index contributed by atoms with van der Waals surface area (Å²) in [6.07, 6.45) is 0.0609. The lowest BCUT2D eigenvalue weighted by atomic mass is 10.1. The molecule has 1 amide bonds. The highest BCUT2D eigenvalue weighted by molar-refractivity contribution is 7.90. The first-order valence-electron chi connectivity index (χ1n) is 8.93. The van der Waals surface area contributed by atoms with Crippen LogP contribution in [0.25, 0.3) is 0 Å². The molecule has 1 N–H and O–H groups in total. The average molecular weight is 448 g/mol. The molecular weight excluding hydrogens is 426 g/mol. The molecule has 0 fully saturated rings. The van der Waals surface area contributed by atoms with Gasteiger partial charge in [-0.3, -0.25) is 4.79 Å². The van der Waals surface area contributed by atoms with Crippen molar-refractivity contribution in [1.29, 1.82) is 0 Å². The van der Waals surface area contributed by atoms with Crippen molar-refractivity contribution in [2.45, 2.75) is 24.3 Å². The summed E-state index contributed by atoms with van der Waals surface area (Å²) in [6, 6.07) is 12.4. The molecule has 0 atom stereocenters. The van der Waals surface area contributed by atoms with Crippen LogP contribution in [-0.4, -0.2) is 37.9 Å². The maximum Gasteiger partial charge on any atom is 0.261 e. The SMILES string of the molecule is COc1ccc(CC(=O)Nc2nc(S(=O)(=O)Cc3ccc(C)cc3)ns2)cc1OC. The number of anilines is 1. The lowest BCUT2D eigenvalue weighted by molar-refractivity contribution is -0.115. The zero-order valence-electron chi connectivity index (χ0n) is 16.7. The van der Waals surface area contributed by atoms with Gasteiger partial charge in [0.2, 0.25) is 20.9 Å². The molecule has 0 saturated heterocycles. The monoisotopic (exact) mass is 447 g/mol. The molecule has 30 heavy (non-hydrogen) atoms. The molecule has 0 aliphatic heterocycles. The highest BCUT2D eigenvalue weighted by atomic mass is 32.2. The first-order valence-corrected chi connectivity index (χ1v) is 11.4. The highest BCUT2D eigenvalue weighted by Gasteiger charge is 2.22. The Morgan fingerprint density at radius 3 is 2.37 bits per heavy atom. The number of hydrogen-bond acceptors (Lipinski definition) is 8. The number of carbonyl (C=O) groups excluding carboxylic acids is 1. The molecular formula is C20H21N3O5S2. The fraction of sp³-hybridized carbons (Fsp3) is 0.250. The van der Waals surface area contributed by atoms with Gasteiger partial charge in [-0.2, -0.15) is 9.36 Å². The zero-order valence-corrected chi connectivity index (χ0v) is 18.3. The first-order chi connectivity index (χ1) is 14.3. The van der Waals surface area contributed by atoms with Crippen molar-refractivity contribution in [3.05, 3.63) is 59.2 Å². The van der Waals surface area contributed by atoms with E-state index < -0.39 is 9.84 Å². The Morgan fingerprint density at radius 2 is 1.70 bits per heavy atom. The molecule has 10 heteroatoms. The van der Waals surface area contributed by atoms with Gasteiger partial charge in [-0.25, -0.2) is 8.42 Å². The third-order valence-corrected chi connectivity index (χ3v) is 6.42. The molecule has 3 rings (SSSR count). The largest absolute Gasteiger partial charge is 0.493 e. The predicted octanol–water partition coefficient (Wildman–Crippen LogP) is 3.02. The number of ether oxygens (including phenoxy) is 2. The summed E-state index contributed by atoms with van der Waals surface area (Å²) < 4.78 is 39.4. The van der Waals surface area contributed by atoms with Crippen molar-refractivity contribution in [3.63, 3.8) is 0 Å². The van der Waals surface area contributed by atoms with Crippen LogP contribution in [0.1, 0.15) is 16.7 Å². The van der Waals surface area contributed by atoms with E-state index in [9.17, 15) is 13.2 Å². The normalized spacial score (nSPS) is 11.2. The average Bonchev–Trinajstić information content (AvgIpc) is 3.18. The first kappa shape index (κ1) is 21.7. The van der Waals surface area contributed by atoms with E-state index in [-0.39, 0.29) is 28.4 Å². The summed E-state index contributed by atoms with van der Waals surface area (Å²) in [5, 5.41) is 2.42. The molecule has 0 aliphatic carbocycles. The number of rotatable bonds is 8. The Labute approximate surface area is 179 Å². The molecule has 1 heterocycles.